The van der Waals surface area contributed by atoms with E-state index >= 15 is 0 Å². The van der Waals surface area contributed by atoms with Gasteiger partial charge in [-0.1, -0.05) is 44.2 Å². The Kier molecular flexibility index (Phi) is 5.19. The third-order valence-corrected chi connectivity index (χ3v) is 5.42. The standard InChI is InChI=1S/C25H22N2O3/c1-3-16-8-7-9-17(4-2)22(16)26-23(28)18-12-14-19(15-13-18)27-24(29)20-10-5-6-11-21(20)25(27)30/h5-15H,3-4H2,1-2H3,(H,26,28). The van der Waals surface area contributed by atoms with Gasteiger partial charge in [0, 0.05) is 11.3 Å². The number of rotatable bonds is 5. The molecule has 4 rings (SSSR count). The van der Waals surface area contributed by atoms with Crippen LogP contribution in [-0.2, 0) is 12.8 Å². The maximum absolute atomic E-state index is 12.8. The van der Waals surface area contributed by atoms with Gasteiger partial charge in [-0.15, -0.1) is 0 Å². The molecule has 0 radical (unpaired) electrons. The number of amides is 3. The summed E-state index contributed by atoms with van der Waals surface area (Å²) < 4.78 is 0. The zero-order valence-electron chi connectivity index (χ0n) is 16.9. The Bertz CT molecular complexity index is 1090. The van der Waals surface area contributed by atoms with Crippen molar-refractivity contribution < 1.29 is 14.4 Å². The van der Waals surface area contributed by atoms with E-state index in [0.29, 0.717) is 22.4 Å². The van der Waals surface area contributed by atoms with Gasteiger partial charge >= 0.3 is 0 Å². The molecule has 0 saturated heterocycles. The molecule has 0 atom stereocenters. The number of hydrogen-bond donors (Lipinski definition) is 1. The molecular weight excluding hydrogens is 376 g/mol. The molecule has 150 valence electrons. The lowest BCUT2D eigenvalue weighted by atomic mass is 10.0. The minimum Gasteiger partial charge on any atom is -0.321 e. The molecule has 5 nitrogen and oxygen atoms in total. The number of para-hydroxylation sites is 1. The van der Waals surface area contributed by atoms with Crippen molar-refractivity contribution in [2.75, 3.05) is 10.2 Å². The molecule has 3 amide bonds. The van der Waals surface area contributed by atoms with Crippen LogP contribution in [0.3, 0.4) is 0 Å². The van der Waals surface area contributed by atoms with Crippen LogP contribution in [0.15, 0.2) is 66.7 Å². The fourth-order valence-electron chi connectivity index (χ4n) is 3.77. The van der Waals surface area contributed by atoms with E-state index in [2.05, 4.69) is 19.2 Å². The topological polar surface area (TPSA) is 66.5 Å². The summed E-state index contributed by atoms with van der Waals surface area (Å²) in [6.07, 6.45) is 1.64. The van der Waals surface area contributed by atoms with E-state index in [1.54, 1.807) is 48.5 Å². The first-order valence-corrected chi connectivity index (χ1v) is 10.0. The molecule has 0 aliphatic carbocycles. The molecule has 1 heterocycles. The van der Waals surface area contributed by atoms with Crippen molar-refractivity contribution in [2.24, 2.45) is 0 Å². The zero-order valence-corrected chi connectivity index (χ0v) is 16.9. The fraction of sp³-hybridized carbons (Fsp3) is 0.160. The van der Waals surface area contributed by atoms with Crippen LogP contribution in [0.4, 0.5) is 11.4 Å². The SMILES string of the molecule is CCc1cccc(CC)c1NC(=O)c1ccc(N2C(=O)c3ccccc3C2=O)cc1. The van der Waals surface area contributed by atoms with Crippen LogP contribution in [0, 0.1) is 0 Å². The Morgan fingerprint density at radius 2 is 1.30 bits per heavy atom. The molecule has 30 heavy (non-hydrogen) atoms. The predicted molar refractivity (Wildman–Crippen MR) is 117 cm³/mol. The lowest BCUT2D eigenvalue weighted by Crippen LogP contribution is -2.29. The van der Waals surface area contributed by atoms with E-state index in [0.717, 1.165) is 34.6 Å². The van der Waals surface area contributed by atoms with Crippen LogP contribution in [0.1, 0.15) is 56.0 Å². The number of fused-ring (bicyclic) bond motifs is 1. The van der Waals surface area contributed by atoms with Gasteiger partial charge in [-0.05, 0) is 60.4 Å². The van der Waals surface area contributed by atoms with Crippen LogP contribution in [0.2, 0.25) is 0 Å². The lowest BCUT2D eigenvalue weighted by molar-refractivity contribution is 0.0925. The average molecular weight is 398 g/mol. The van der Waals surface area contributed by atoms with E-state index < -0.39 is 0 Å². The number of aryl methyl sites for hydroxylation is 2. The molecule has 0 saturated carbocycles. The number of carbonyl (C=O) groups is 3. The summed E-state index contributed by atoms with van der Waals surface area (Å²) in [5.41, 5.74) is 4.73. The second kappa shape index (κ2) is 7.95. The van der Waals surface area contributed by atoms with Crippen molar-refractivity contribution in [3.05, 3.63) is 94.5 Å². The second-order valence-electron chi connectivity index (χ2n) is 7.15. The monoisotopic (exact) mass is 398 g/mol. The van der Waals surface area contributed by atoms with Crippen molar-refractivity contribution in [1.29, 1.82) is 0 Å². The Hall–Kier alpha value is -3.73. The summed E-state index contributed by atoms with van der Waals surface area (Å²) in [6, 6.07) is 19.3. The number of nitrogens with zero attached hydrogens (tertiary/aromatic N) is 1. The Morgan fingerprint density at radius 3 is 1.80 bits per heavy atom. The lowest BCUT2D eigenvalue weighted by Gasteiger charge is -2.16. The Labute approximate surface area is 175 Å². The van der Waals surface area contributed by atoms with Gasteiger partial charge in [0.2, 0.25) is 0 Å². The number of anilines is 2. The van der Waals surface area contributed by atoms with Crippen LogP contribution in [-0.4, -0.2) is 17.7 Å². The number of benzene rings is 3. The van der Waals surface area contributed by atoms with Crippen molar-refractivity contribution in [3.8, 4) is 0 Å². The molecular formula is C25H22N2O3. The quantitative estimate of drug-likeness (QED) is 0.624. The normalized spacial score (nSPS) is 12.8. The minimum atomic E-state index is -0.350. The van der Waals surface area contributed by atoms with Gasteiger partial charge in [0.05, 0.1) is 16.8 Å². The van der Waals surface area contributed by atoms with E-state index in [1.807, 2.05) is 18.2 Å². The van der Waals surface area contributed by atoms with Crippen molar-refractivity contribution >= 4 is 29.1 Å². The molecule has 0 aromatic heterocycles. The first kappa shape index (κ1) is 19.6. The van der Waals surface area contributed by atoms with Gasteiger partial charge in [-0.2, -0.15) is 0 Å². The third-order valence-electron chi connectivity index (χ3n) is 5.42. The highest BCUT2D eigenvalue weighted by Crippen LogP contribution is 2.29. The summed E-state index contributed by atoms with van der Waals surface area (Å²) in [4.78, 5) is 39.2. The third kappa shape index (κ3) is 3.28. The summed E-state index contributed by atoms with van der Waals surface area (Å²) in [7, 11) is 0. The molecule has 1 N–H and O–H groups in total. The molecule has 0 unspecified atom stereocenters. The van der Waals surface area contributed by atoms with E-state index in [9.17, 15) is 14.4 Å². The summed E-state index contributed by atoms with van der Waals surface area (Å²) in [5, 5.41) is 3.03. The first-order chi connectivity index (χ1) is 14.5. The Morgan fingerprint density at radius 1 is 0.767 bits per heavy atom. The second-order valence-corrected chi connectivity index (χ2v) is 7.15. The molecule has 0 fully saturated rings. The van der Waals surface area contributed by atoms with Crippen LogP contribution < -0.4 is 10.2 Å². The molecule has 1 aliphatic rings. The summed E-state index contributed by atoms with van der Waals surface area (Å²) in [6.45, 7) is 4.11. The summed E-state index contributed by atoms with van der Waals surface area (Å²) in [5.74, 6) is -0.922. The van der Waals surface area contributed by atoms with Gasteiger partial charge in [-0.25, -0.2) is 4.90 Å². The van der Waals surface area contributed by atoms with Gasteiger partial charge in [0.15, 0.2) is 0 Å². The maximum atomic E-state index is 12.8. The fourth-order valence-corrected chi connectivity index (χ4v) is 3.77. The summed E-state index contributed by atoms with van der Waals surface area (Å²) >= 11 is 0. The van der Waals surface area contributed by atoms with Crippen molar-refractivity contribution in [2.45, 2.75) is 26.7 Å². The highest BCUT2D eigenvalue weighted by molar-refractivity contribution is 6.34. The van der Waals surface area contributed by atoms with Gasteiger partial charge in [-0.3, -0.25) is 14.4 Å². The van der Waals surface area contributed by atoms with Crippen molar-refractivity contribution in [1.82, 2.24) is 0 Å². The van der Waals surface area contributed by atoms with Gasteiger partial charge < -0.3 is 5.32 Å². The van der Waals surface area contributed by atoms with Crippen LogP contribution >= 0.6 is 0 Å². The molecule has 0 spiro atoms. The molecule has 0 bridgehead atoms. The average Bonchev–Trinajstić information content (AvgIpc) is 3.04. The zero-order chi connectivity index (χ0) is 21.3. The number of nitrogens with one attached hydrogen (secondary N) is 1. The largest absolute Gasteiger partial charge is 0.321 e. The molecule has 3 aromatic carbocycles. The highest BCUT2D eigenvalue weighted by atomic mass is 16.2. The minimum absolute atomic E-state index is 0.223. The highest BCUT2D eigenvalue weighted by Gasteiger charge is 2.36. The van der Waals surface area contributed by atoms with Gasteiger partial charge in [0.1, 0.15) is 0 Å². The van der Waals surface area contributed by atoms with Crippen LogP contribution in [0.25, 0.3) is 0 Å². The smallest absolute Gasteiger partial charge is 0.266 e. The number of imide groups is 1. The molecule has 1 aliphatic heterocycles. The van der Waals surface area contributed by atoms with Crippen LogP contribution in [0.5, 0.6) is 0 Å². The first-order valence-electron chi connectivity index (χ1n) is 10.0. The van der Waals surface area contributed by atoms with Crippen molar-refractivity contribution in [3.63, 3.8) is 0 Å². The van der Waals surface area contributed by atoms with E-state index in [4.69, 9.17) is 0 Å². The Balaban J connectivity index is 1.57. The predicted octanol–water partition coefficient (Wildman–Crippen LogP) is 4.86. The van der Waals surface area contributed by atoms with E-state index in [-0.39, 0.29) is 17.7 Å². The number of hydrogen-bond acceptors (Lipinski definition) is 3. The van der Waals surface area contributed by atoms with E-state index in [1.165, 1.54) is 0 Å². The molecule has 5 heteroatoms. The molecule has 3 aromatic rings. The maximum Gasteiger partial charge on any atom is 0.266 e. The number of carbonyl (C=O) groups excluding carboxylic acids is 3. The van der Waals surface area contributed by atoms with Gasteiger partial charge in [0.25, 0.3) is 17.7 Å².